The first kappa shape index (κ1) is 9.99. The maximum atomic E-state index is 10.8. The molecule has 0 radical (unpaired) electrons. The van der Waals surface area contributed by atoms with Gasteiger partial charge in [0, 0.05) is 21.9 Å². The van der Waals surface area contributed by atoms with E-state index in [0.717, 1.165) is 28.1 Å². The van der Waals surface area contributed by atoms with Crippen molar-refractivity contribution < 1.29 is 9.90 Å². The first-order chi connectivity index (χ1) is 8.31. The Balaban J connectivity index is 2.41. The first-order valence-corrected chi connectivity index (χ1v) is 5.28. The highest BCUT2D eigenvalue weighted by Crippen LogP contribution is 2.25. The van der Waals surface area contributed by atoms with Crippen molar-refractivity contribution in [2.75, 3.05) is 0 Å². The van der Waals surface area contributed by atoms with Gasteiger partial charge in [-0.05, 0) is 24.3 Å². The Labute approximate surface area is 96.9 Å². The summed E-state index contributed by atoms with van der Waals surface area (Å²) in [6, 6.07) is 7.31. The summed E-state index contributed by atoms with van der Waals surface area (Å²) >= 11 is 0. The molecule has 4 heteroatoms. The number of hydrogen-bond acceptors (Lipinski definition) is 3. The molecule has 4 nitrogen and oxygen atoms in total. The number of carbonyl (C=O) groups excluding carboxylic acids is 1. The lowest BCUT2D eigenvalue weighted by molar-refractivity contribution is 0.112. The van der Waals surface area contributed by atoms with Crippen LogP contribution in [0.4, 0.5) is 0 Å². The molecule has 0 aliphatic carbocycles. The highest BCUT2D eigenvalue weighted by Gasteiger charge is 2.06. The molecule has 1 aromatic carbocycles. The van der Waals surface area contributed by atoms with E-state index in [1.54, 1.807) is 12.3 Å². The molecule has 3 aromatic rings. The largest absolute Gasteiger partial charge is 0.390 e. The molecule has 0 fully saturated rings. The summed E-state index contributed by atoms with van der Waals surface area (Å²) in [5.41, 5.74) is 3.12. The van der Waals surface area contributed by atoms with Gasteiger partial charge in [-0.1, -0.05) is 0 Å². The molecular weight excluding hydrogens is 216 g/mol. The van der Waals surface area contributed by atoms with Crippen molar-refractivity contribution in [1.29, 1.82) is 0 Å². The maximum absolute atomic E-state index is 10.8. The summed E-state index contributed by atoms with van der Waals surface area (Å²) in [4.78, 5) is 18.1. The molecule has 84 valence electrons. The zero-order valence-electron chi connectivity index (χ0n) is 8.97. The van der Waals surface area contributed by atoms with Crippen molar-refractivity contribution in [1.82, 2.24) is 9.97 Å². The van der Waals surface area contributed by atoms with E-state index in [1.165, 1.54) is 0 Å². The zero-order valence-corrected chi connectivity index (χ0v) is 8.97. The number of aliphatic hydroxyl groups excluding tert-OH is 1. The van der Waals surface area contributed by atoms with Crippen LogP contribution in [0.1, 0.15) is 16.1 Å². The molecule has 3 rings (SSSR count). The summed E-state index contributed by atoms with van der Waals surface area (Å²) < 4.78 is 0. The van der Waals surface area contributed by atoms with Gasteiger partial charge in [-0.3, -0.25) is 9.78 Å². The first-order valence-electron chi connectivity index (χ1n) is 5.28. The predicted octanol–water partition coefficient (Wildman–Crippen LogP) is 2.02. The number of H-pyrrole nitrogens is 1. The number of carbonyl (C=O) groups is 1. The molecule has 17 heavy (non-hydrogen) atoms. The fourth-order valence-corrected chi connectivity index (χ4v) is 2.02. The van der Waals surface area contributed by atoms with Crippen LogP contribution in [0.2, 0.25) is 0 Å². The number of benzene rings is 1. The second-order valence-corrected chi connectivity index (χ2v) is 3.93. The van der Waals surface area contributed by atoms with Crippen LogP contribution in [-0.4, -0.2) is 21.4 Å². The quantitative estimate of drug-likeness (QED) is 0.657. The third-order valence-corrected chi connectivity index (χ3v) is 2.86. The molecule has 2 heterocycles. The molecule has 0 amide bonds. The third-order valence-electron chi connectivity index (χ3n) is 2.86. The Morgan fingerprint density at radius 2 is 2.06 bits per heavy atom. The smallest absolute Gasteiger partial charge is 0.150 e. The van der Waals surface area contributed by atoms with Gasteiger partial charge in [0.25, 0.3) is 0 Å². The Morgan fingerprint density at radius 3 is 2.82 bits per heavy atom. The number of nitrogens with zero attached hydrogens (tertiary/aromatic N) is 1. The SMILES string of the molecule is O=Cc1ccc2[nH]c3cnc(CO)cc3c2c1. The molecule has 0 unspecified atom stereocenters. The standard InChI is InChI=1S/C13H10N2O2/c16-6-8-1-2-12-10(3-8)11-4-9(7-17)14-5-13(11)15-12/h1-6,15,17H,7H2. The van der Waals surface area contributed by atoms with E-state index < -0.39 is 0 Å². The Hall–Kier alpha value is -2.20. The third kappa shape index (κ3) is 1.50. The van der Waals surface area contributed by atoms with Gasteiger partial charge in [0.15, 0.2) is 0 Å². The molecule has 0 saturated heterocycles. The van der Waals surface area contributed by atoms with E-state index in [0.29, 0.717) is 11.3 Å². The monoisotopic (exact) mass is 226 g/mol. The van der Waals surface area contributed by atoms with Crippen molar-refractivity contribution >= 4 is 28.1 Å². The van der Waals surface area contributed by atoms with Crippen LogP contribution >= 0.6 is 0 Å². The molecule has 0 bridgehead atoms. The summed E-state index contributed by atoms with van der Waals surface area (Å²) in [6.07, 6.45) is 2.52. The summed E-state index contributed by atoms with van der Waals surface area (Å²) in [5.74, 6) is 0. The number of hydrogen-bond donors (Lipinski definition) is 2. The second kappa shape index (κ2) is 3.68. The van der Waals surface area contributed by atoms with Gasteiger partial charge < -0.3 is 10.1 Å². The summed E-state index contributed by atoms with van der Waals surface area (Å²) in [5, 5.41) is 11.0. The van der Waals surface area contributed by atoms with E-state index in [4.69, 9.17) is 5.11 Å². The Bertz CT molecular complexity index is 716. The fraction of sp³-hybridized carbons (Fsp3) is 0.0769. The van der Waals surface area contributed by atoms with Crippen LogP contribution in [0.3, 0.4) is 0 Å². The van der Waals surface area contributed by atoms with Crippen molar-refractivity contribution in [3.8, 4) is 0 Å². The number of pyridine rings is 1. The number of fused-ring (bicyclic) bond motifs is 3. The minimum atomic E-state index is -0.0873. The molecule has 0 aliphatic rings. The maximum Gasteiger partial charge on any atom is 0.150 e. The second-order valence-electron chi connectivity index (χ2n) is 3.93. The zero-order chi connectivity index (χ0) is 11.8. The molecule has 2 N–H and O–H groups in total. The number of aliphatic hydroxyl groups is 1. The highest BCUT2D eigenvalue weighted by atomic mass is 16.3. The van der Waals surface area contributed by atoms with Crippen LogP contribution in [0.25, 0.3) is 21.8 Å². The topological polar surface area (TPSA) is 66.0 Å². The van der Waals surface area contributed by atoms with Crippen molar-refractivity contribution in [2.24, 2.45) is 0 Å². The number of rotatable bonds is 2. The van der Waals surface area contributed by atoms with Crippen molar-refractivity contribution in [3.63, 3.8) is 0 Å². The fourth-order valence-electron chi connectivity index (χ4n) is 2.02. The van der Waals surface area contributed by atoms with Crippen LogP contribution in [-0.2, 0) is 6.61 Å². The minimum absolute atomic E-state index is 0.0873. The lowest BCUT2D eigenvalue weighted by Crippen LogP contribution is -1.87. The predicted molar refractivity (Wildman–Crippen MR) is 64.9 cm³/mol. The van der Waals surface area contributed by atoms with Crippen molar-refractivity contribution in [2.45, 2.75) is 6.61 Å². The molecule has 0 atom stereocenters. The molecule has 0 saturated carbocycles. The van der Waals surface area contributed by atoms with E-state index in [2.05, 4.69) is 9.97 Å². The van der Waals surface area contributed by atoms with Gasteiger partial charge in [-0.25, -0.2) is 0 Å². The van der Waals surface area contributed by atoms with E-state index >= 15 is 0 Å². The molecule has 2 aromatic heterocycles. The normalized spacial score (nSPS) is 11.1. The Kier molecular flexibility index (Phi) is 2.16. The number of aromatic amines is 1. The summed E-state index contributed by atoms with van der Waals surface area (Å²) in [7, 11) is 0. The van der Waals surface area contributed by atoms with Gasteiger partial charge in [-0.2, -0.15) is 0 Å². The van der Waals surface area contributed by atoms with Gasteiger partial charge >= 0.3 is 0 Å². The van der Waals surface area contributed by atoms with Crippen LogP contribution in [0.5, 0.6) is 0 Å². The summed E-state index contributed by atoms with van der Waals surface area (Å²) in [6.45, 7) is -0.0873. The number of aromatic nitrogens is 2. The van der Waals surface area contributed by atoms with Gasteiger partial charge in [-0.15, -0.1) is 0 Å². The average molecular weight is 226 g/mol. The van der Waals surface area contributed by atoms with E-state index in [9.17, 15) is 4.79 Å². The van der Waals surface area contributed by atoms with Gasteiger partial charge in [0.1, 0.15) is 6.29 Å². The molecular formula is C13H10N2O2. The van der Waals surface area contributed by atoms with Crippen LogP contribution < -0.4 is 0 Å². The van der Waals surface area contributed by atoms with Gasteiger partial charge in [0.05, 0.1) is 24.0 Å². The molecule has 0 aliphatic heterocycles. The lowest BCUT2D eigenvalue weighted by Gasteiger charge is -1.95. The minimum Gasteiger partial charge on any atom is -0.390 e. The molecule has 0 spiro atoms. The van der Waals surface area contributed by atoms with E-state index in [-0.39, 0.29) is 6.61 Å². The average Bonchev–Trinajstić information content (AvgIpc) is 2.75. The van der Waals surface area contributed by atoms with Crippen molar-refractivity contribution in [3.05, 3.63) is 41.7 Å². The number of aldehydes is 1. The van der Waals surface area contributed by atoms with Gasteiger partial charge in [0.2, 0.25) is 0 Å². The lowest BCUT2D eigenvalue weighted by atomic mass is 10.1. The number of nitrogens with one attached hydrogen (secondary N) is 1. The van der Waals surface area contributed by atoms with E-state index in [1.807, 2.05) is 18.2 Å². The highest BCUT2D eigenvalue weighted by molar-refractivity contribution is 6.08. The Morgan fingerprint density at radius 1 is 1.24 bits per heavy atom. The van der Waals surface area contributed by atoms with Crippen LogP contribution in [0, 0.1) is 0 Å². The van der Waals surface area contributed by atoms with Crippen LogP contribution in [0.15, 0.2) is 30.5 Å².